The molecule has 0 rings (SSSR count). The summed E-state index contributed by atoms with van der Waals surface area (Å²) in [6.45, 7) is 2.26. The first-order valence-corrected chi connectivity index (χ1v) is 10.7. The van der Waals surface area contributed by atoms with Crippen molar-refractivity contribution in [1.29, 1.82) is 0 Å². The Balaban J connectivity index is 3.08. The largest absolute Gasteiger partial charge is 0.481 e. The molecule has 3 nitrogen and oxygen atoms in total. The quantitative estimate of drug-likeness (QED) is 0.368. The minimum atomic E-state index is -1.17. The maximum Gasteiger partial charge on any atom is 0.316 e. The van der Waals surface area contributed by atoms with Gasteiger partial charge in [-0.15, -0.1) is 0 Å². The number of hydrogen-bond donors (Lipinski definition) is 1. The van der Waals surface area contributed by atoms with Gasteiger partial charge in [-0.05, 0) is 6.42 Å². The van der Waals surface area contributed by atoms with Crippen LogP contribution in [0.4, 0.5) is 0 Å². The van der Waals surface area contributed by atoms with Crippen LogP contribution in [0.15, 0.2) is 0 Å². The molecule has 132 valence electrons. The van der Waals surface area contributed by atoms with Gasteiger partial charge in [0.15, 0.2) is 0 Å². The molecule has 0 aromatic carbocycles. The van der Waals surface area contributed by atoms with Crippen LogP contribution in [-0.4, -0.2) is 26.8 Å². The van der Waals surface area contributed by atoms with Gasteiger partial charge in [0.25, 0.3) is 0 Å². The topological polar surface area (TPSA) is 54.4 Å². The molecule has 0 aliphatic rings. The van der Waals surface area contributed by atoms with Gasteiger partial charge in [-0.2, -0.15) is 0 Å². The summed E-state index contributed by atoms with van der Waals surface area (Å²) in [4.78, 5) is 10.4. The summed E-state index contributed by atoms with van der Waals surface area (Å²) in [7, 11) is -1.17. The Hall–Kier alpha value is -0.380. The predicted octanol–water partition coefficient (Wildman–Crippen LogP) is 5.30. The maximum absolute atomic E-state index is 11.3. The SMILES string of the molecule is CCCCCCCCCCCCCCCCS(=O)CC(=O)O. The Morgan fingerprint density at radius 1 is 0.727 bits per heavy atom. The second-order valence-electron chi connectivity index (χ2n) is 6.28. The van der Waals surface area contributed by atoms with E-state index in [0.717, 1.165) is 12.8 Å². The smallest absolute Gasteiger partial charge is 0.316 e. The molecule has 0 saturated carbocycles. The Morgan fingerprint density at radius 3 is 1.45 bits per heavy atom. The van der Waals surface area contributed by atoms with Crippen LogP contribution in [-0.2, 0) is 15.6 Å². The van der Waals surface area contributed by atoms with Crippen LogP contribution in [0.25, 0.3) is 0 Å². The van der Waals surface area contributed by atoms with E-state index in [4.69, 9.17) is 5.11 Å². The van der Waals surface area contributed by atoms with Crippen molar-refractivity contribution in [1.82, 2.24) is 0 Å². The van der Waals surface area contributed by atoms with E-state index in [2.05, 4.69) is 6.92 Å². The molecule has 0 bridgehead atoms. The first-order chi connectivity index (χ1) is 10.7. The molecule has 0 spiro atoms. The van der Waals surface area contributed by atoms with E-state index in [1.54, 1.807) is 0 Å². The number of aliphatic carboxylic acids is 1. The van der Waals surface area contributed by atoms with E-state index in [1.165, 1.54) is 77.0 Å². The molecule has 0 heterocycles. The highest BCUT2D eigenvalue weighted by atomic mass is 32.2. The fraction of sp³-hybridized carbons (Fsp3) is 0.944. The third-order valence-corrected chi connectivity index (χ3v) is 5.32. The Bertz CT molecular complexity index is 280. The normalized spacial score (nSPS) is 12.4. The summed E-state index contributed by atoms with van der Waals surface area (Å²) in [6, 6.07) is 0. The van der Waals surface area contributed by atoms with E-state index in [-0.39, 0.29) is 5.75 Å². The number of rotatable bonds is 17. The molecule has 0 aromatic rings. The zero-order valence-corrected chi connectivity index (χ0v) is 15.3. The van der Waals surface area contributed by atoms with Gasteiger partial charge in [0.05, 0.1) is 0 Å². The lowest BCUT2D eigenvalue weighted by Crippen LogP contribution is -2.11. The molecule has 0 fully saturated rings. The highest BCUT2D eigenvalue weighted by molar-refractivity contribution is 7.85. The molecule has 0 aliphatic carbocycles. The summed E-state index contributed by atoms with van der Waals surface area (Å²) in [5.41, 5.74) is 0. The molecule has 1 unspecified atom stereocenters. The number of carboxylic acids is 1. The highest BCUT2D eigenvalue weighted by Crippen LogP contribution is 2.13. The molecule has 0 aliphatic heterocycles. The number of unbranched alkanes of at least 4 members (excludes halogenated alkanes) is 13. The molecule has 22 heavy (non-hydrogen) atoms. The molecule has 1 N–H and O–H groups in total. The van der Waals surface area contributed by atoms with Crippen molar-refractivity contribution in [3.63, 3.8) is 0 Å². The molecule has 0 radical (unpaired) electrons. The summed E-state index contributed by atoms with van der Waals surface area (Å²) >= 11 is 0. The van der Waals surface area contributed by atoms with Gasteiger partial charge in [-0.25, -0.2) is 0 Å². The summed E-state index contributed by atoms with van der Waals surface area (Å²) < 4.78 is 11.3. The van der Waals surface area contributed by atoms with E-state index in [9.17, 15) is 9.00 Å². The molecule has 1 atom stereocenters. The standard InChI is InChI=1S/C18H36O3S/c1-2-3-4-5-6-7-8-9-10-11-12-13-14-15-16-22(21)17-18(19)20/h2-17H2,1H3,(H,19,20). The molecule has 4 heteroatoms. The lowest BCUT2D eigenvalue weighted by atomic mass is 10.0. The van der Waals surface area contributed by atoms with Gasteiger partial charge >= 0.3 is 5.97 Å². The third kappa shape index (κ3) is 17.7. The van der Waals surface area contributed by atoms with Gasteiger partial charge in [0.2, 0.25) is 0 Å². The monoisotopic (exact) mass is 332 g/mol. The van der Waals surface area contributed by atoms with Crippen molar-refractivity contribution < 1.29 is 14.1 Å². The molecular weight excluding hydrogens is 296 g/mol. The van der Waals surface area contributed by atoms with Gasteiger partial charge in [-0.3, -0.25) is 9.00 Å². The van der Waals surface area contributed by atoms with Crippen LogP contribution < -0.4 is 0 Å². The second-order valence-corrected chi connectivity index (χ2v) is 7.85. The molecular formula is C18H36O3S. The van der Waals surface area contributed by atoms with Crippen LogP contribution >= 0.6 is 0 Å². The van der Waals surface area contributed by atoms with Crippen molar-refractivity contribution in [2.75, 3.05) is 11.5 Å². The Morgan fingerprint density at radius 2 is 1.09 bits per heavy atom. The minimum absolute atomic E-state index is 0.196. The minimum Gasteiger partial charge on any atom is -0.481 e. The van der Waals surface area contributed by atoms with Crippen molar-refractivity contribution in [3.8, 4) is 0 Å². The van der Waals surface area contributed by atoms with Crippen molar-refractivity contribution in [3.05, 3.63) is 0 Å². The number of hydrogen-bond acceptors (Lipinski definition) is 2. The number of carboxylic acid groups (broad SMARTS) is 1. The maximum atomic E-state index is 11.3. The summed E-state index contributed by atoms with van der Waals surface area (Å²) in [6.07, 6.45) is 18.2. The van der Waals surface area contributed by atoms with Crippen LogP contribution in [0.3, 0.4) is 0 Å². The van der Waals surface area contributed by atoms with Gasteiger partial charge in [-0.1, -0.05) is 90.4 Å². The van der Waals surface area contributed by atoms with Gasteiger partial charge < -0.3 is 5.11 Å². The average Bonchev–Trinajstić information content (AvgIpc) is 2.47. The fourth-order valence-corrected chi connectivity index (χ4v) is 3.61. The second kappa shape index (κ2) is 17.0. The van der Waals surface area contributed by atoms with Crippen LogP contribution in [0.2, 0.25) is 0 Å². The third-order valence-electron chi connectivity index (χ3n) is 4.01. The first-order valence-electron chi connectivity index (χ1n) is 9.23. The zero-order valence-electron chi connectivity index (χ0n) is 14.5. The van der Waals surface area contributed by atoms with Crippen molar-refractivity contribution in [2.24, 2.45) is 0 Å². The number of carbonyl (C=O) groups is 1. The van der Waals surface area contributed by atoms with E-state index in [1.807, 2.05) is 0 Å². The van der Waals surface area contributed by atoms with Gasteiger partial charge in [0.1, 0.15) is 5.75 Å². The van der Waals surface area contributed by atoms with E-state index >= 15 is 0 Å². The molecule has 0 saturated heterocycles. The average molecular weight is 333 g/mol. The lowest BCUT2D eigenvalue weighted by molar-refractivity contribution is -0.133. The lowest BCUT2D eigenvalue weighted by Gasteiger charge is -2.03. The predicted molar refractivity (Wildman–Crippen MR) is 95.8 cm³/mol. The fourth-order valence-electron chi connectivity index (χ4n) is 2.67. The first kappa shape index (κ1) is 21.6. The zero-order chi connectivity index (χ0) is 16.5. The summed E-state index contributed by atoms with van der Waals surface area (Å²) in [5.74, 6) is -0.605. The highest BCUT2D eigenvalue weighted by Gasteiger charge is 2.04. The van der Waals surface area contributed by atoms with Crippen molar-refractivity contribution in [2.45, 2.75) is 96.8 Å². The van der Waals surface area contributed by atoms with E-state index < -0.39 is 16.8 Å². The van der Waals surface area contributed by atoms with Crippen molar-refractivity contribution >= 4 is 16.8 Å². The molecule has 0 aromatic heterocycles. The Kier molecular flexibility index (Phi) is 16.7. The van der Waals surface area contributed by atoms with Crippen LogP contribution in [0, 0.1) is 0 Å². The summed E-state index contributed by atoms with van der Waals surface area (Å²) in [5, 5.41) is 8.51. The van der Waals surface area contributed by atoms with Crippen LogP contribution in [0.1, 0.15) is 96.8 Å². The van der Waals surface area contributed by atoms with E-state index in [0.29, 0.717) is 5.75 Å². The Labute approximate surface area is 139 Å². The van der Waals surface area contributed by atoms with Gasteiger partial charge in [0, 0.05) is 16.6 Å². The molecule has 0 amide bonds. The van der Waals surface area contributed by atoms with Crippen LogP contribution in [0.5, 0.6) is 0 Å².